The van der Waals surface area contributed by atoms with Gasteiger partial charge in [-0.2, -0.15) is 10.1 Å². The zero-order valence-electron chi connectivity index (χ0n) is 19.6. The smallest absolute Gasteiger partial charge is 0.298 e. The second kappa shape index (κ2) is 8.49. The minimum absolute atomic E-state index is 0.0330. The Hall–Kier alpha value is -3.86. The molecule has 0 aromatic carbocycles. The number of amides is 1. The third-order valence-electron chi connectivity index (χ3n) is 5.86. The fourth-order valence-corrected chi connectivity index (χ4v) is 3.99. The second-order valence-corrected chi connectivity index (χ2v) is 9.45. The van der Waals surface area contributed by atoms with E-state index in [-0.39, 0.29) is 11.2 Å². The molecule has 0 saturated carbocycles. The number of aromatic nitrogens is 6. The first-order chi connectivity index (χ1) is 16.3. The van der Waals surface area contributed by atoms with Crippen LogP contribution in [0.4, 0.5) is 11.6 Å². The van der Waals surface area contributed by atoms with Crippen LogP contribution in [0.2, 0.25) is 0 Å². The van der Waals surface area contributed by atoms with E-state index >= 15 is 0 Å². The minimum atomic E-state index is -0.480. The summed E-state index contributed by atoms with van der Waals surface area (Å²) >= 11 is 0. The van der Waals surface area contributed by atoms with Gasteiger partial charge in [-0.15, -0.1) is 0 Å². The molecule has 1 amide bonds. The van der Waals surface area contributed by atoms with Crippen LogP contribution in [0.5, 0.6) is 0 Å². The fourth-order valence-electron chi connectivity index (χ4n) is 3.99. The van der Waals surface area contributed by atoms with Gasteiger partial charge in [-0.25, -0.2) is 9.97 Å². The highest BCUT2D eigenvalue weighted by Gasteiger charge is 2.25. The van der Waals surface area contributed by atoms with Crippen LogP contribution in [-0.2, 0) is 5.41 Å². The van der Waals surface area contributed by atoms with Crippen molar-refractivity contribution in [1.29, 1.82) is 0 Å². The third kappa shape index (κ3) is 4.10. The fraction of sp³-hybridized carbons (Fsp3) is 0.391. The molecule has 11 nitrogen and oxygen atoms in total. The predicted octanol–water partition coefficient (Wildman–Crippen LogP) is 3.03. The van der Waals surface area contributed by atoms with E-state index < -0.39 is 5.91 Å². The van der Waals surface area contributed by atoms with Crippen molar-refractivity contribution in [1.82, 2.24) is 35.6 Å². The number of fused-ring (bicyclic) bond motifs is 1. The van der Waals surface area contributed by atoms with Crippen molar-refractivity contribution in [2.45, 2.75) is 45.6 Å². The van der Waals surface area contributed by atoms with Crippen molar-refractivity contribution in [3.8, 4) is 11.1 Å². The lowest BCUT2D eigenvalue weighted by Gasteiger charge is -2.14. The SMILES string of the molecule is Cc1c(-c2ccnc3[nH]nc(NC4CCNC4)c23)ccnc1NC(=O)c1noc(C(C)(C)C)n1. The lowest BCUT2D eigenvalue weighted by atomic mass is 9.97. The maximum Gasteiger partial charge on any atom is 0.298 e. The van der Waals surface area contributed by atoms with Gasteiger partial charge in [-0.05, 0) is 48.7 Å². The van der Waals surface area contributed by atoms with Crippen LogP contribution in [-0.4, -0.2) is 55.3 Å². The molecule has 0 radical (unpaired) electrons. The van der Waals surface area contributed by atoms with E-state index in [1.807, 2.05) is 39.8 Å². The Labute approximate surface area is 196 Å². The number of rotatable bonds is 5. The topological polar surface area (TPSA) is 147 Å². The molecule has 1 fully saturated rings. The van der Waals surface area contributed by atoms with Gasteiger partial charge in [0.05, 0.1) is 5.39 Å². The summed E-state index contributed by atoms with van der Waals surface area (Å²) in [6.07, 6.45) is 4.43. The average Bonchev–Trinajstić information content (AvgIpc) is 3.56. The van der Waals surface area contributed by atoms with Crippen molar-refractivity contribution >= 4 is 28.6 Å². The first kappa shape index (κ1) is 22.0. The summed E-state index contributed by atoms with van der Waals surface area (Å²) in [5.74, 6) is 1.07. The molecule has 1 atom stereocenters. The quantitative estimate of drug-likeness (QED) is 0.352. The molecular weight excluding hydrogens is 434 g/mol. The monoisotopic (exact) mass is 461 g/mol. The van der Waals surface area contributed by atoms with Gasteiger partial charge in [0.2, 0.25) is 5.89 Å². The molecule has 176 valence electrons. The van der Waals surface area contributed by atoms with Crippen molar-refractivity contribution in [2.24, 2.45) is 0 Å². The Morgan fingerprint density at radius 3 is 2.68 bits per heavy atom. The summed E-state index contributed by atoms with van der Waals surface area (Å²) in [7, 11) is 0. The van der Waals surface area contributed by atoms with Gasteiger partial charge < -0.3 is 20.5 Å². The summed E-state index contributed by atoms with van der Waals surface area (Å²) in [4.78, 5) is 25.8. The first-order valence-electron chi connectivity index (χ1n) is 11.2. The maximum atomic E-state index is 12.8. The van der Waals surface area contributed by atoms with Gasteiger partial charge in [0.25, 0.3) is 11.7 Å². The number of H-pyrrole nitrogens is 1. The Balaban J connectivity index is 1.47. The Morgan fingerprint density at radius 2 is 1.94 bits per heavy atom. The van der Waals surface area contributed by atoms with E-state index in [4.69, 9.17) is 4.52 Å². The predicted molar refractivity (Wildman–Crippen MR) is 128 cm³/mol. The average molecular weight is 462 g/mol. The second-order valence-electron chi connectivity index (χ2n) is 9.45. The number of nitrogens with zero attached hydrogens (tertiary/aromatic N) is 5. The van der Waals surface area contributed by atoms with Crippen molar-refractivity contribution in [3.63, 3.8) is 0 Å². The van der Waals surface area contributed by atoms with E-state index in [9.17, 15) is 4.79 Å². The summed E-state index contributed by atoms with van der Waals surface area (Å²) in [5.41, 5.74) is 3.00. The molecule has 0 aliphatic carbocycles. The van der Waals surface area contributed by atoms with Gasteiger partial charge in [0.15, 0.2) is 11.5 Å². The number of hydrogen-bond donors (Lipinski definition) is 4. The third-order valence-corrected chi connectivity index (χ3v) is 5.86. The highest BCUT2D eigenvalue weighted by Crippen LogP contribution is 2.35. The zero-order valence-corrected chi connectivity index (χ0v) is 19.6. The number of anilines is 2. The van der Waals surface area contributed by atoms with E-state index in [0.29, 0.717) is 23.4 Å². The van der Waals surface area contributed by atoms with Gasteiger partial charge >= 0.3 is 0 Å². The number of pyridine rings is 2. The zero-order chi connectivity index (χ0) is 23.9. The van der Waals surface area contributed by atoms with Crippen LogP contribution in [0.3, 0.4) is 0 Å². The highest BCUT2D eigenvalue weighted by molar-refractivity contribution is 6.04. The molecule has 4 aromatic rings. The number of hydrogen-bond acceptors (Lipinski definition) is 9. The van der Waals surface area contributed by atoms with E-state index in [1.165, 1.54) is 0 Å². The number of carbonyl (C=O) groups excluding carboxylic acids is 1. The maximum absolute atomic E-state index is 12.8. The summed E-state index contributed by atoms with van der Waals surface area (Å²) < 4.78 is 5.25. The van der Waals surface area contributed by atoms with Crippen LogP contribution >= 0.6 is 0 Å². The van der Waals surface area contributed by atoms with Crippen LogP contribution in [0.15, 0.2) is 29.0 Å². The van der Waals surface area contributed by atoms with Crippen molar-refractivity contribution in [2.75, 3.05) is 23.7 Å². The Morgan fingerprint density at radius 1 is 1.15 bits per heavy atom. The normalized spacial score (nSPS) is 16.2. The Bertz CT molecular complexity index is 1350. The number of carbonyl (C=O) groups is 1. The molecule has 1 saturated heterocycles. The number of aromatic amines is 1. The molecule has 0 spiro atoms. The summed E-state index contributed by atoms with van der Waals surface area (Å²) in [6, 6.07) is 4.17. The van der Waals surface area contributed by atoms with Gasteiger partial charge in [-0.3, -0.25) is 9.89 Å². The molecule has 1 aliphatic heterocycles. The van der Waals surface area contributed by atoms with Crippen LogP contribution in [0.1, 0.15) is 49.3 Å². The standard InChI is InChI=1S/C23H27N9O2/c1-12-14(6-9-25-17(12)28-21(33)20-29-22(34-32-20)23(2,3)4)15-7-10-26-18-16(15)19(31-30-18)27-13-5-8-24-11-13/h6-7,9-10,13,24H,5,8,11H2,1-4H3,(H,25,28,33)(H2,26,27,30,31). The van der Waals surface area contributed by atoms with Gasteiger partial charge in [0, 0.05) is 30.4 Å². The summed E-state index contributed by atoms with van der Waals surface area (Å²) in [5, 5.41) is 21.9. The highest BCUT2D eigenvalue weighted by atomic mass is 16.5. The first-order valence-corrected chi connectivity index (χ1v) is 11.2. The molecule has 34 heavy (non-hydrogen) atoms. The lowest BCUT2D eigenvalue weighted by Crippen LogP contribution is -2.22. The van der Waals surface area contributed by atoms with Crippen LogP contribution in [0, 0.1) is 6.92 Å². The molecule has 4 N–H and O–H groups in total. The molecule has 1 unspecified atom stereocenters. The Kier molecular flexibility index (Phi) is 5.48. The molecular formula is C23H27N9O2. The lowest BCUT2D eigenvalue weighted by molar-refractivity contribution is 0.101. The summed E-state index contributed by atoms with van der Waals surface area (Å²) in [6.45, 7) is 9.60. The van der Waals surface area contributed by atoms with E-state index in [0.717, 1.165) is 47.4 Å². The number of nitrogens with one attached hydrogen (secondary N) is 4. The molecule has 5 heterocycles. The van der Waals surface area contributed by atoms with Crippen LogP contribution < -0.4 is 16.0 Å². The van der Waals surface area contributed by atoms with Gasteiger partial charge in [-0.1, -0.05) is 25.9 Å². The van der Waals surface area contributed by atoms with Gasteiger partial charge in [0.1, 0.15) is 5.82 Å². The molecule has 4 aromatic heterocycles. The van der Waals surface area contributed by atoms with E-state index in [1.54, 1.807) is 12.4 Å². The van der Waals surface area contributed by atoms with Crippen molar-refractivity contribution in [3.05, 3.63) is 41.8 Å². The largest absolute Gasteiger partial charge is 0.364 e. The van der Waals surface area contributed by atoms with Crippen LogP contribution in [0.25, 0.3) is 22.2 Å². The molecule has 1 aliphatic rings. The van der Waals surface area contributed by atoms with E-state index in [2.05, 4.69) is 46.3 Å². The molecule has 5 rings (SSSR count). The molecule has 11 heteroatoms. The van der Waals surface area contributed by atoms with Crippen molar-refractivity contribution < 1.29 is 9.32 Å². The molecule has 0 bridgehead atoms. The minimum Gasteiger partial charge on any atom is -0.364 e.